The fourth-order valence-corrected chi connectivity index (χ4v) is 1.70. The number of rotatable bonds is 9. The molecule has 1 atom stereocenters. The van der Waals surface area contributed by atoms with Crippen LogP contribution in [0.15, 0.2) is 6.33 Å². The molecule has 0 bridgehead atoms. The van der Waals surface area contributed by atoms with Gasteiger partial charge in [-0.1, -0.05) is 12.8 Å². The molecule has 1 unspecified atom stereocenters. The smallest absolute Gasteiger partial charge is 0.315 e. The van der Waals surface area contributed by atoms with Crippen molar-refractivity contribution >= 4 is 12.0 Å². The van der Waals surface area contributed by atoms with Crippen LogP contribution in [0.25, 0.3) is 0 Å². The fourth-order valence-electron chi connectivity index (χ4n) is 1.70. The fraction of sp³-hybridized carbons (Fsp3) is 0.667. The summed E-state index contributed by atoms with van der Waals surface area (Å²) in [5.74, 6) is -0.155. The maximum absolute atomic E-state index is 11.6. The topological polar surface area (TPSA) is 120 Å². The van der Waals surface area contributed by atoms with E-state index in [1.54, 1.807) is 0 Å². The largest absolute Gasteiger partial charge is 0.481 e. The molecule has 1 aromatic rings. The van der Waals surface area contributed by atoms with Crippen LogP contribution in [0, 0.1) is 0 Å². The number of carbonyl (C=O) groups is 2. The van der Waals surface area contributed by atoms with E-state index in [-0.39, 0.29) is 18.5 Å². The van der Waals surface area contributed by atoms with Gasteiger partial charge in [-0.15, -0.1) is 0 Å². The lowest BCUT2D eigenvalue weighted by atomic mass is 10.1. The third-order valence-corrected chi connectivity index (χ3v) is 2.79. The Balaban J connectivity index is 2.02. The van der Waals surface area contributed by atoms with E-state index < -0.39 is 5.97 Å². The van der Waals surface area contributed by atoms with Gasteiger partial charge in [-0.25, -0.2) is 9.78 Å². The molecule has 8 nitrogen and oxygen atoms in total. The number of amides is 2. The van der Waals surface area contributed by atoms with Crippen LogP contribution in [0.5, 0.6) is 0 Å². The number of nitrogens with zero attached hydrogens (tertiary/aromatic N) is 2. The highest BCUT2D eigenvalue weighted by molar-refractivity contribution is 5.74. The van der Waals surface area contributed by atoms with Gasteiger partial charge in [0.05, 0.1) is 6.04 Å². The van der Waals surface area contributed by atoms with Crippen LogP contribution in [0.1, 0.15) is 50.9 Å². The average Bonchev–Trinajstić information content (AvgIpc) is 2.91. The SMILES string of the molecule is CC(NC(=O)NCCCCCCC(=O)O)c1ncn[nH]1. The first-order valence-corrected chi connectivity index (χ1v) is 6.71. The third kappa shape index (κ3) is 6.72. The normalized spacial score (nSPS) is 11.8. The molecule has 0 spiro atoms. The molecule has 0 aliphatic heterocycles. The standard InChI is InChI=1S/C12H21N5O3/c1-9(11-14-8-15-17-11)16-12(20)13-7-5-3-2-4-6-10(18)19/h8-9H,2-7H2,1H3,(H,18,19)(H2,13,16,20)(H,14,15,17). The number of nitrogens with one attached hydrogen (secondary N) is 3. The van der Waals surface area contributed by atoms with Gasteiger partial charge in [-0.3, -0.25) is 9.89 Å². The van der Waals surface area contributed by atoms with Gasteiger partial charge in [0, 0.05) is 13.0 Å². The molecule has 0 saturated carbocycles. The van der Waals surface area contributed by atoms with Gasteiger partial charge in [0.15, 0.2) is 0 Å². The third-order valence-electron chi connectivity index (χ3n) is 2.79. The summed E-state index contributed by atoms with van der Waals surface area (Å²) in [5, 5.41) is 20.4. The number of hydrogen-bond acceptors (Lipinski definition) is 4. The molecule has 0 aromatic carbocycles. The maximum atomic E-state index is 11.6. The van der Waals surface area contributed by atoms with E-state index in [1.807, 2.05) is 6.92 Å². The first-order chi connectivity index (χ1) is 9.59. The lowest BCUT2D eigenvalue weighted by molar-refractivity contribution is -0.137. The zero-order valence-corrected chi connectivity index (χ0v) is 11.6. The van der Waals surface area contributed by atoms with E-state index in [4.69, 9.17) is 5.11 Å². The van der Waals surface area contributed by atoms with Crippen LogP contribution >= 0.6 is 0 Å². The summed E-state index contributed by atoms with van der Waals surface area (Å²) in [7, 11) is 0. The highest BCUT2D eigenvalue weighted by Gasteiger charge is 2.10. The molecule has 0 saturated heterocycles. The minimum absolute atomic E-state index is 0.211. The summed E-state index contributed by atoms with van der Waals surface area (Å²) in [6.45, 7) is 2.38. The van der Waals surface area contributed by atoms with Crippen molar-refractivity contribution in [1.82, 2.24) is 25.8 Å². The van der Waals surface area contributed by atoms with Gasteiger partial charge in [-0.05, 0) is 19.8 Å². The Bertz CT molecular complexity index is 407. The number of carbonyl (C=O) groups excluding carboxylic acids is 1. The van der Waals surface area contributed by atoms with Crippen molar-refractivity contribution in [1.29, 1.82) is 0 Å². The number of aliphatic carboxylic acids is 1. The Morgan fingerprint density at radius 2 is 2.10 bits per heavy atom. The monoisotopic (exact) mass is 283 g/mol. The Hall–Kier alpha value is -2.12. The second kappa shape index (κ2) is 8.89. The van der Waals surface area contributed by atoms with Crippen molar-refractivity contribution in [2.75, 3.05) is 6.54 Å². The molecule has 2 amide bonds. The summed E-state index contributed by atoms with van der Waals surface area (Å²) in [4.78, 5) is 25.8. The Morgan fingerprint density at radius 3 is 2.75 bits per heavy atom. The van der Waals surface area contributed by atoms with E-state index in [1.165, 1.54) is 6.33 Å². The van der Waals surface area contributed by atoms with E-state index in [9.17, 15) is 9.59 Å². The summed E-state index contributed by atoms with van der Waals surface area (Å²) in [6, 6.07) is -0.479. The summed E-state index contributed by atoms with van der Waals surface area (Å²) in [5.41, 5.74) is 0. The second-order valence-electron chi connectivity index (χ2n) is 4.55. The number of unbranched alkanes of at least 4 members (excludes halogenated alkanes) is 3. The number of aromatic amines is 1. The van der Waals surface area contributed by atoms with E-state index in [0.29, 0.717) is 18.8 Å². The van der Waals surface area contributed by atoms with Gasteiger partial charge in [0.2, 0.25) is 0 Å². The Kier molecular flexibility index (Phi) is 7.08. The van der Waals surface area contributed by atoms with E-state index in [0.717, 1.165) is 19.3 Å². The molecule has 0 aliphatic carbocycles. The molecule has 1 heterocycles. The van der Waals surface area contributed by atoms with Gasteiger partial charge in [0.1, 0.15) is 12.2 Å². The van der Waals surface area contributed by atoms with Crippen molar-refractivity contribution in [3.63, 3.8) is 0 Å². The van der Waals surface area contributed by atoms with Gasteiger partial charge < -0.3 is 15.7 Å². The van der Waals surface area contributed by atoms with Crippen molar-refractivity contribution in [3.8, 4) is 0 Å². The van der Waals surface area contributed by atoms with Crippen molar-refractivity contribution < 1.29 is 14.7 Å². The first-order valence-electron chi connectivity index (χ1n) is 6.71. The summed E-state index contributed by atoms with van der Waals surface area (Å²) in [6.07, 6.45) is 4.90. The number of urea groups is 1. The number of aromatic nitrogens is 3. The molecule has 20 heavy (non-hydrogen) atoms. The van der Waals surface area contributed by atoms with Gasteiger partial charge in [-0.2, -0.15) is 5.10 Å². The van der Waals surface area contributed by atoms with Crippen molar-refractivity contribution in [2.45, 2.75) is 45.1 Å². The minimum atomic E-state index is -0.760. The second-order valence-corrected chi connectivity index (χ2v) is 4.55. The van der Waals surface area contributed by atoms with Crippen LogP contribution in [0.3, 0.4) is 0 Å². The van der Waals surface area contributed by atoms with Crippen LogP contribution in [-0.4, -0.2) is 38.8 Å². The molecular weight excluding hydrogens is 262 g/mol. The van der Waals surface area contributed by atoms with E-state index in [2.05, 4.69) is 25.8 Å². The van der Waals surface area contributed by atoms with E-state index >= 15 is 0 Å². The molecule has 1 rings (SSSR count). The average molecular weight is 283 g/mol. The zero-order chi connectivity index (χ0) is 14.8. The number of carboxylic acids is 1. The molecule has 4 N–H and O–H groups in total. The van der Waals surface area contributed by atoms with Gasteiger partial charge >= 0.3 is 12.0 Å². The summed E-state index contributed by atoms with van der Waals surface area (Å²) >= 11 is 0. The number of carboxylic acid groups (broad SMARTS) is 1. The van der Waals surface area contributed by atoms with Crippen LogP contribution < -0.4 is 10.6 Å². The van der Waals surface area contributed by atoms with Crippen LogP contribution in [0.4, 0.5) is 4.79 Å². The predicted molar refractivity (Wildman–Crippen MR) is 72.1 cm³/mol. The molecule has 0 radical (unpaired) electrons. The van der Waals surface area contributed by atoms with Crippen molar-refractivity contribution in [2.24, 2.45) is 0 Å². The highest BCUT2D eigenvalue weighted by Crippen LogP contribution is 2.04. The molecule has 1 aromatic heterocycles. The van der Waals surface area contributed by atoms with Gasteiger partial charge in [0.25, 0.3) is 0 Å². The Morgan fingerprint density at radius 1 is 1.35 bits per heavy atom. The van der Waals surface area contributed by atoms with Crippen molar-refractivity contribution in [3.05, 3.63) is 12.2 Å². The molecule has 8 heteroatoms. The molecule has 0 aliphatic rings. The zero-order valence-electron chi connectivity index (χ0n) is 11.6. The lowest BCUT2D eigenvalue weighted by Gasteiger charge is -2.12. The lowest BCUT2D eigenvalue weighted by Crippen LogP contribution is -2.37. The number of H-pyrrole nitrogens is 1. The minimum Gasteiger partial charge on any atom is -0.481 e. The highest BCUT2D eigenvalue weighted by atomic mass is 16.4. The molecule has 112 valence electrons. The maximum Gasteiger partial charge on any atom is 0.315 e. The van der Waals surface area contributed by atoms with Crippen LogP contribution in [0.2, 0.25) is 0 Å². The Labute approximate surface area is 117 Å². The quantitative estimate of drug-likeness (QED) is 0.507. The first kappa shape index (κ1) is 15.9. The summed E-state index contributed by atoms with van der Waals surface area (Å²) < 4.78 is 0. The van der Waals surface area contributed by atoms with Crippen LogP contribution in [-0.2, 0) is 4.79 Å². The predicted octanol–water partition coefficient (Wildman–Crippen LogP) is 1.20. The molecular formula is C12H21N5O3. The number of hydrogen-bond donors (Lipinski definition) is 4. The molecule has 0 fully saturated rings.